The van der Waals surface area contributed by atoms with Crippen molar-refractivity contribution in [3.05, 3.63) is 0 Å². The van der Waals surface area contributed by atoms with Crippen molar-refractivity contribution in [1.82, 2.24) is 4.90 Å². The molecule has 1 aliphatic heterocycles. The van der Waals surface area contributed by atoms with E-state index in [4.69, 9.17) is 10.8 Å². The average Bonchev–Trinajstić information content (AvgIpc) is 2.12. The second-order valence-electron chi connectivity index (χ2n) is 4.44. The molecule has 0 saturated carbocycles. The highest BCUT2D eigenvalue weighted by molar-refractivity contribution is 4.86. The number of nitrogens with zero attached hydrogens (tertiary/aromatic N) is 1. The Bertz CT molecular complexity index is 151. The summed E-state index contributed by atoms with van der Waals surface area (Å²) in [6.45, 7) is 4.58. The highest BCUT2D eigenvalue weighted by atomic mass is 16.3. The third-order valence-electron chi connectivity index (χ3n) is 3.49. The molecule has 1 fully saturated rings. The van der Waals surface area contributed by atoms with E-state index in [2.05, 4.69) is 25.8 Å². The maximum atomic E-state index is 8.99. The van der Waals surface area contributed by atoms with E-state index in [1.165, 1.54) is 0 Å². The third-order valence-corrected chi connectivity index (χ3v) is 3.49. The second-order valence-corrected chi connectivity index (χ2v) is 4.44. The molecule has 0 aromatic rings. The maximum Gasteiger partial charge on any atom is 0.0585 e. The second kappa shape index (κ2) is 4.40. The number of likely N-dealkylation sites (tertiary alicyclic amines) is 1. The van der Waals surface area contributed by atoms with Crippen LogP contribution in [0.15, 0.2) is 0 Å². The maximum absolute atomic E-state index is 8.99. The Morgan fingerprint density at radius 3 is 2.23 bits per heavy atom. The van der Waals surface area contributed by atoms with Crippen molar-refractivity contribution < 1.29 is 5.11 Å². The number of hydrogen-bond acceptors (Lipinski definition) is 3. The van der Waals surface area contributed by atoms with Gasteiger partial charge in [0.15, 0.2) is 0 Å². The molecule has 1 saturated heterocycles. The van der Waals surface area contributed by atoms with Crippen LogP contribution in [0.25, 0.3) is 0 Å². The Kier molecular flexibility index (Phi) is 3.71. The van der Waals surface area contributed by atoms with Crippen LogP contribution in [-0.4, -0.2) is 41.8 Å². The fourth-order valence-corrected chi connectivity index (χ4v) is 2.24. The van der Waals surface area contributed by atoms with Crippen LogP contribution in [0, 0.1) is 5.92 Å². The fraction of sp³-hybridized carbons (Fsp3) is 1.00. The molecule has 0 radical (unpaired) electrons. The van der Waals surface area contributed by atoms with Gasteiger partial charge in [-0.15, -0.1) is 0 Å². The number of hydrogen-bond donors (Lipinski definition) is 2. The highest BCUT2D eigenvalue weighted by Crippen LogP contribution is 2.27. The molecule has 78 valence electrons. The molecule has 0 amide bonds. The molecule has 3 unspecified atom stereocenters. The summed E-state index contributed by atoms with van der Waals surface area (Å²) in [5, 5.41) is 8.99. The van der Waals surface area contributed by atoms with Crippen LogP contribution in [0.4, 0.5) is 0 Å². The zero-order valence-corrected chi connectivity index (χ0v) is 8.90. The number of rotatable bonds is 2. The van der Waals surface area contributed by atoms with Crippen molar-refractivity contribution in [3.63, 3.8) is 0 Å². The lowest BCUT2D eigenvalue weighted by Gasteiger charge is -2.41. The van der Waals surface area contributed by atoms with Gasteiger partial charge in [-0.2, -0.15) is 0 Å². The van der Waals surface area contributed by atoms with Gasteiger partial charge in [-0.3, -0.25) is 0 Å². The van der Waals surface area contributed by atoms with E-state index >= 15 is 0 Å². The summed E-state index contributed by atoms with van der Waals surface area (Å²) in [6, 6.07) is 1.15. The van der Waals surface area contributed by atoms with Gasteiger partial charge in [0, 0.05) is 18.1 Å². The Balaban J connectivity index is 2.53. The molecule has 1 rings (SSSR count). The Labute approximate surface area is 80.9 Å². The Hall–Kier alpha value is -0.120. The van der Waals surface area contributed by atoms with E-state index in [-0.39, 0.29) is 12.6 Å². The highest BCUT2D eigenvalue weighted by Gasteiger charge is 2.30. The lowest BCUT2D eigenvalue weighted by atomic mass is 9.83. The molecule has 0 aromatic carbocycles. The smallest absolute Gasteiger partial charge is 0.0585 e. The minimum Gasteiger partial charge on any atom is -0.395 e. The number of aliphatic hydroxyl groups excluding tert-OH is 1. The molecule has 3 heteroatoms. The van der Waals surface area contributed by atoms with Crippen molar-refractivity contribution in [2.75, 3.05) is 13.7 Å². The molecule has 3 nitrogen and oxygen atoms in total. The van der Waals surface area contributed by atoms with E-state index < -0.39 is 0 Å². The summed E-state index contributed by atoms with van der Waals surface area (Å²) < 4.78 is 0. The van der Waals surface area contributed by atoms with Gasteiger partial charge in [0.25, 0.3) is 0 Å². The van der Waals surface area contributed by atoms with Crippen molar-refractivity contribution in [3.8, 4) is 0 Å². The quantitative estimate of drug-likeness (QED) is 0.657. The normalized spacial score (nSPS) is 39.0. The number of piperidine rings is 1. The van der Waals surface area contributed by atoms with E-state index in [0.717, 1.165) is 12.8 Å². The van der Waals surface area contributed by atoms with Gasteiger partial charge in [0.05, 0.1) is 6.61 Å². The summed E-state index contributed by atoms with van der Waals surface area (Å²) in [5.41, 5.74) is 5.85. The van der Waals surface area contributed by atoms with Crippen molar-refractivity contribution in [2.24, 2.45) is 11.7 Å². The first-order valence-electron chi connectivity index (χ1n) is 5.14. The first-order chi connectivity index (χ1) is 6.06. The molecular formula is C10H22N2O. The van der Waals surface area contributed by atoms with Crippen LogP contribution >= 0.6 is 0 Å². The third kappa shape index (κ3) is 2.42. The minimum atomic E-state index is -0.0291. The molecule has 13 heavy (non-hydrogen) atoms. The molecule has 0 spiro atoms. The van der Waals surface area contributed by atoms with E-state index in [1.807, 2.05) is 0 Å². The standard InChI is InChI=1S/C10H22N2O/c1-7-4-9(10(11)6-13)5-8(2)12(7)3/h7-10,13H,4-6,11H2,1-3H3. The van der Waals surface area contributed by atoms with E-state index in [9.17, 15) is 0 Å². The average molecular weight is 186 g/mol. The molecular weight excluding hydrogens is 164 g/mol. The lowest BCUT2D eigenvalue weighted by molar-refractivity contribution is 0.0747. The van der Waals surface area contributed by atoms with Crippen molar-refractivity contribution in [2.45, 2.75) is 44.8 Å². The predicted octanol–water partition coefficient (Wildman–Crippen LogP) is 0.425. The van der Waals surface area contributed by atoms with Crippen LogP contribution < -0.4 is 5.73 Å². The monoisotopic (exact) mass is 186 g/mol. The van der Waals surface area contributed by atoms with Gasteiger partial charge < -0.3 is 15.7 Å². The summed E-state index contributed by atoms with van der Waals surface area (Å²) in [7, 11) is 2.16. The lowest BCUT2D eigenvalue weighted by Crippen LogP contribution is -2.49. The largest absolute Gasteiger partial charge is 0.395 e. The zero-order valence-electron chi connectivity index (χ0n) is 8.90. The van der Waals surface area contributed by atoms with Crippen LogP contribution in [0.3, 0.4) is 0 Å². The summed E-state index contributed by atoms with van der Waals surface area (Å²) >= 11 is 0. The van der Waals surface area contributed by atoms with Gasteiger partial charge in [0.2, 0.25) is 0 Å². The molecule has 0 aromatic heterocycles. The fourth-order valence-electron chi connectivity index (χ4n) is 2.24. The van der Waals surface area contributed by atoms with E-state index in [1.54, 1.807) is 0 Å². The van der Waals surface area contributed by atoms with Crippen LogP contribution in [0.1, 0.15) is 26.7 Å². The molecule has 3 N–H and O–H groups in total. The topological polar surface area (TPSA) is 49.5 Å². The van der Waals surface area contributed by atoms with E-state index in [0.29, 0.717) is 18.0 Å². The minimum absolute atomic E-state index is 0.0291. The first kappa shape index (κ1) is 11.0. The van der Waals surface area contributed by atoms with Gasteiger partial charge in [-0.25, -0.2) is 0 Å². The van der Waals surface area contributed by atoms with Crippen LogP contribution in [-0.2, 0) is 0 Å². The number of aliphatic hydroxyl groups is 1. The van der Waals surface area contributed by atoms with Crippen molar-refractivity contribution >= 4 is 0 Å². The van der Waals surface area contributed by atoms with Gasteiger partial charge in [0.1, 0.15) is 0 Å². The van der Waals surface area contributed by atoms with Gasteiger partial charge >= 0.3 is 0 Å². The summed E-state index contributed by atoms with van der Waals surface area (Å²) in [6.07, 6.45) is 2.23. The Morgan fingerprint density at radius 2 is 1.85 bits per heavy atom. The number of nitrogens with two attached hydrogens (primary N) is 1. The Morgan fingerprint density at radius 1 is 1.38 bits per heavy atom. The SMILES string of the molecule is CC1CC(C(N)CO)CC(C)N1C. The van der Waals surface area contributed by atoms with Crippen LogP contribution in [0.2, 0.25) is 0 Å². The van der Waals surface area contributed by atoms with Crippen LogP contribution in [0.5, 0.6) is 0 Å². The summed E-state index contributed by atoms with van der Waals surface area (Å²) in [4.78, 5) is 2.39. The predicted molar refractivity (Wildman–Crippen MR) is 54.5 cm³/mol. The summed E-state index contributed by atoms with van der Waals surface area (Å²) in [5.74, 6) is 0.492. The first-order valence-corrected chi connectivity index (χ1v) is 5.14. The molecule has 3 atom stereocenters. The molecule has 0 bridgehead atoms. The zero-order chi connectivity index (χ0) is 10.0. The molecule has 1 heterocycles. The van der Waals surface area contributed by atoms with Gasteiger partial charge in [-0.05, 0) is 39.7 Å². The van der Waals surface area contributed by atoms with Crippen molar-refractivity contribution in [1.29, 1.82) is 0 Å². The molecule has 0 aliphatic carbocycles. The molecule has 1 aliphatic rings. The van der Waals surface area contributed by atoms with Gasteiger partial charge in [-0.1, -0.05) is 0 Å².